The monoisotopic (exact) mass is 508 g/mol. The smallest absolute Gasteiger partial charge is 0.318 e. The van der Waals surface area contributed by atoms with Crippen LogP contribution in [0, 0.1) is 42.4 Å². The van der Waals surface area contributed by atoms with Gasteiger partial charge < -0.3 is 20.1 Å². The van der Waals surface area contributed by atoms with E-state index in [1.165, 1.54) is 5.56 Å². The summed E-state index contributed by atoms with van der Waals surface area (Å²) in [4.78, 5) is 23.9. The zero-order valence-corrected chi connectivity index (χ0v) is 21.5. The van der Waals surface area contributed by atoms with Crippen LogP contribution in [0.25, 0.3) is 0 Å². The highest BCUT2D eigenvalue weighted by atomic mass is 16.6. The molecule has 0 spiro atoms. The van der Waals surface area contributed by atoms with Crippen LogP contribution < -0.4 is 0 Å². The molecule has 37 heavy (non-hydrogen) atoms. The normalized spacial score (nSPS) is 22.0. The minimum absolute atomic E-state index is 0.0639. The van der Waals surface area contributed by atoms with Crippen LogP contribution in [0.1, 0.15) is 69.8 Å². The third-order valence-electron chi connectivity index (χ3n) is 7.07. The largest absolute Gasteiger partial charge is 0.393 e. The van der Waals surface area contributed by atoms with Crippen LogP contribution in [-0.2, 0) is 20.7 Å². The summed E-state index contributed by atoms with van der Waals surface area (Å²) >= 11 is 0. The van der Waals surface area contributed by atoms with Crippen molar-refractivity contribution in [1.82, 2.24) is 0 Å². The fraction of sp³-hybridized carbons (Fsp3) is 0.548. The number of aliphatic hydroxyl groups excluding tert-OH is 3. The number of terminal acetylenes is 2. The summed E-state index contributed by atoms with van der Waals surface area (Å²) in [5.41, 5.74) is 1.19. The van der Waals surface area contributed by atoms with Crippen LogP contribution in [0.5, 0.6) is 0 Å². The summed E-state index contributed by atoms with van der Waals surface area (Å²) < 4.78 is 4.86. The van der Waals surface area contributed by atoms with Crippen molar-refractivity contribution < 1.29 is 29.6 Å². The third-order valence-corrected chi connectivity index (χ3v) is 7.07. The predicted octanol–water partition coefficient (Wildman–Crippen LogP) is 3.97. The number of allylic oxidation sites excluding steroid dienone is 2. The molecule has 6 nitrogen and oxygen atoms in total. The Kier molecular flexibility index (Phi) is 13.7. The van der Waals surface area contributed by atoms with E-state index in [-0.39, 0.29) is 31.1 Å². The number of carbonyl (C=O) groups is 2. The number of unbranched alkanes of at least 4 members (excludes halogenated alkanes) is 1. The molecule has 2 rings (SSSR count). The number of hydrogen-bond acceptors (Lipinski definition) is 6. The number of esters is 2. The molecule has 1 aliphatic rings. The lowest BCUT2D eigenvalue weighted by Gasteiger charge is -2.23. The maximum atomic E-state index is 12.0. The predicted molar refractivity (Wildman–Crippen MR) is 143 cm³/mol. The average molecular weight is 509 g/mol. The van der Waals surface area contributed by atoms with Gasteiger partial charge in [0.25, 0.3) is 0 Å². The molecule has 5 atom stereocenters. The molecule has 0 bridgehead atoms. The van der Waals surface area contributed by atoms with Gasteiger partial charge in [-0.1, -0.05) is 42.5 Å². The molecule has 6 heteroatoms. The maximum Gasteiger partial charge on any atom is 0.318 e. The van der Waals surface area contributed by atoms with Gasteiger partial charge in [0.1, 0.15) is 0 Å². The molecule has 0 unspecified atom stereocenters. The molecule has 1 aliphatic carbocycles. The molecular formula is C31H40O6. The van der Waals surface area contributed by atoms with Crippen LogP contribution in [0.15, 0.2) is 42.5 Å². The van der Waals surface area contributed by atoms with E-state index in [9.17, 15) is 24.9 Å². The second kappa shape index (κ2) is 16.8. The first-order valence-corrected chi connectivity index (χ1v) is 13.2. The quantitative estimate of drug-likeness (QED) is 0.109. The molecule has 1 aromatic carbocycles. The zero-order chi connectivity index (χ0) is 27.0. The van der Waals surface area contributed by atoms with E-state index in [0.29, 0.717) is 44.9 Å². The number of hydrogen-bond donors (Lipinski definition) is 3. The minimum Gasteiger partial charge on any atom is -0.393 e. The van der Waals surface area contributed by atoms with E-state index in [1.807, 2.05) is 42.5 Å². The van der Waals surface area contributed by atoms with Crippen molar-refractivity contribution in [2.45, 2.75) is 88.9 Å². The highest BCUT2D eigenvalue weighted by Gasteiger charge is 2.40. The number of aliphatic hydroxyl groups is 3. The summed E-state index contributed by atoms with van der Waals surface area (Å²) in [7, 11) is 0. The molecular weight excluding hydrogens is 468 g/mol. The van der Waals surface area contributed by atoms with E-state index in [2.05, 4.69) is 11.8 Å². The van der Waals surface area contributed by atoms with Gasteiger partial charge >= 0.3 is 11.9 Å². The summed E-state index contributed by atoms with van der Waals surface area (Å²) in [6.07, 6.45) is 18.0. The lowest BCUT2D eigenvalue weighted by atomic mass is 9.85. The molecule has 0 aromatic heterocycles. The van der Waals surface area contributed by atoms with Gasteiger partial charge in [-0.2, -0.15) is 0 Å². The molecule has 0 heterocycles. The van der Waals surface area contributed by atoms with Crippen LogP contribution in [0.2, 0.25) is 0 Å². The number of aryl methyl sites for hydroxylation is 1. The van der Waals surface area contributed by atoms with Gasteiger partial charge in [-0.25, -0.2) is 0 Å². The highest BCUT2D eigenvalue weighted by molar-refractivity contribution is 5.87. The van der Waals surface area contributed by atoms with E-state index in [0.717, 1.165) is 6.42 Å². The first-order chi connectivity index (χ1) is 17.8. The van der Waals surface area contributed by atoms with E-state index in [1.54, 1.807) is 0 Å². The molecule has 1 fully saturated rings. The molecule has 0 radical (unpaired) electrons. The Morgan fingerprint density at radius 2 is 1.70 bits per heavy atom. The number of ether oxygens (including phenoxy) is 1. The van der Waals surface area contributed by atoms with Crippen molar-refractivity contribution in [2.24, 2.45) is 17.8 Å². The minimum atomic E-state index is -0.679. The van der Waals surface area contributed by atoms with Crippen molar-refractivity contribution in [3.05, 3.63) is 48.0 Å². The zero-order valence-electron chi connectivity index (χ0n) is 21.5. The van der Waals surface area contributed by atoms with Gasteiger partial charge in [0.15, 0.2) is 0 Å². The molecule has 3 N–H and O–H groups in total. The Hall–Kier alpha value is -2.90. The lowest BCUT2D eigenvalue weighted by molar-refractivity contribution is -0.162. The fourth-order valence-corrected chi connectivity index (χ4v) is 4.92. The highest BCUT2D eigenvalue weighted by Crippen LogP contribution is 2.38. The first kappa shape index (κ1) is 30.3. The van der Waals surface area contributed by atoms with Crippen molar-refractivity contribution in [3.8, 4) is 24.7 Å². The Bertz CT molecular complexity index is 925. The third kappa shape index (κ3) is 10.9. The molecule has 0 amide bonds. The second-order valence-electron chi connectivity index (χ2n) is 9.86. The van der Waals surface area contributed by atoms with Gasteiger partial charge in [-0.15, -0.1) is 24.7 Å². The molecule has 1 saturated carbocycles. The van der Waals surface area contributed by atoms with E-state index in [4.69, 9.17) is 17.6 Å². The second-order valence-corrected chi connectivity index (χ2v) is 9.86. The molecule has 200 valence electrons. The molecule has 1 aromatic rings. The Balaban J connectivity index is 1.69. The van der Waals surface area contributed by atoms with Crippen LogP contribution in [0.4, 0.5) is 0 Å². The standard InChI is InChI=1S/C31H40O6/c1-3-12-24(13-4-2)31(36)37-30(35)17-11-6-5-10-16-26-27(29(34)22-28(26)33)21-20-25(32)19-18-23-14-8-7-9-15-23/h1-2,5,7-10,14-15,24-29,32-34H,6,11-13,16-22H2/b10-5-/t25-,26+,27+,28-,29+/m0/s1. The van der Waals surface area contributed by atoms with Crippen LogP contribution in [-0.4, -0.2) is 45.6 Å². The van der Waals surface area contributed by atoms with Gasteiger partial charge in [0, 0.05) is 19.3 Å². The Morgan fingerprint density at radius 1 is 1.03 bits per heavy atom. The number of benzene rings is 1. The average Bonchev–Trinajstić information content (AvgIpc) is 3.15. The Morgan fingerprint density at radius 3 is 2.38 bits per heavy atom. The van der Waals surface area contributed by atoms with Crippen LogP contribution >= 0.6 is 0 Å². The summed E-state index contributed by atoms with van der Waals surface area (Å²) in [5.74, 6) is 2.66. The van der Waals surface area contributed by atoms with Gasteiger partial charge in [-0.3, -0.25) is 9.59 Å². The first-order valence-electron chi connectivity index (χ1n) is 13.2. The van der Waals surface area contributed by atoms with E-state index < -0.39 is 36.2 Å². The molecule has 0 aliphatic heterocycles. The van der Waals surface area contributed by atoms with Crippen molar-refractivity contribution in [1.29, 1.82) is 0 Å². The number of carbonyl (C=O) groups excluding carboxylic acids is 2. The molecule has 0 saturated heterocycles. The van der Waals surface area contributed by atoms with Gasteiger partial charge in [0.05, 0.1) is 24.2 Å². The Labute approximate surface area is 221 Å². The summed E-state index contributed by atoms with van der Waals surface area (Å²) in [6, 6.07) is 10.0. The van der Waals surface area contributed by atoms with Gasteiger partial charge in [-0.05, 0) is 68.8 Å². The van der Waals surface area contributed by atoms with Gasteiger partial charge in [0.2, 0.25) is 0 Å². The number of rotatable bonds is 15. The summed E-state index contributed by atoms with van der Waals surface area (Å²) in [6.45, 7) is 0. The lowest BCUT2D eigenvalue weighted by Crippen LogP contribution is -2.23. The SMILES string of the molecule is C#CCC(CC#C)C(=O)OC(=O)CCC/C=C\C[C@@H]1[C@@H](CC[C@@H](O)CCc2ccccc2)[C@H](O)C[C@@H]1O. The van der Waals surface area contributed by atoms with Crippen LogP contribution in [0.3, 0.4) is 0 Å². The summed E-state index contributed by atoms with van der Waals surface area (Å²) in [5, 5.41) is 31.3. The topological polar surface area (TPSA) is 104 Å². The van der Waals surface area contributed by atoms with E-state index >= 15 is 0 Å². The fourth-order valence-electron chi connectivity index (χ4n) is 4.92. The van der Waals surface area contributed by atoms with Crippen molar-refractivity contribution >= 4 is 11.9 Å². The maximum absolute atomic E-state index is 12.0. The van der Waals surface area contributed by atoms with Crippen molar-refractivity contribution in [3.63, 3.8) is 0 Å². The van der Waals surface area contributed by atoms with Crippen molar-refractivity contribution in [2.75, 3.05) is 0 Å².